The molecule has 1 unspecified atom stereocenters. The Kier molecular flexibility index (Phi) is 4.43. The minimum Gasteiger partial charge on any atom is -0.392 e. The Bertz CT molecular complexity index is 366. The molecule has 0 aliphatic heterocycles. The standard InChI is InChI=1S/C12H16FNO2/c1-9(15)8-14(2)12(16)7-10-5-3-4-6-11(10)13/h3-6,9,15H,7-8H2,1-2H3. The third-order valence-corrected chi connectivity index (χ3v) is 2.26. The van der Waals surface area contributed by atoms with Crippen LogP contribution in [0, 0.1) is 5.82 Å². The van der Waals surface area contributed by atoms with Gasteiger partial charge in [-0.25, -0.2) is 4.39 Å². The second-order valence-electron chi connectivity index (χ2n) is 3.89. The van der Waals surface area contributed by atoms with E-state index in [1.165, 1.54) is 11.0 Å². The Morgan fingerprint density at radius 2 is 2.12 bits per heavy atom. The molecule has 3 nitrogen and oxygen atoms in total. The summed E-state index contributed by atoms with van der Waals surface area (Å²) in [7, 11) is 1.59. The molecule has 1 aromatic rings. The summed E-state index contributed by atoms with van der Waals surface area (Å²) in [6.07, 6.45) is -0.551. The van der Waals surface area contributed by atoms with Crippen LogP contribution in [-0.4, -0.2) is 35.6 Å². The largest absolute Gasteiger partial charge is 0.392 e. The number of halogens is 1. The Morgan fingerprint density at radius 1 is 1.50 bits per heavy atom. The quantitative estimate of drug-likeness (QED) is 0.836. The predicted molar refractivity (Wildman–Crippen MR) is 59.4 cm³/mol. The van der Waals surface area contributed by atoms with Gasteiger partial charge in [0.25, 0.3) is 0 Å². The van der Waals surface area contributed by atoms with Crippen LogP contribution in [0.5, 0.6) is 0 Å². The lowest BCUT2D eigenvalue weighted by Crippen LogP contribution is -2.34. The van der Waals surface area contributed by atoms with E-state index in [-0.39, 0.29) is 24.7 Å². The van der Waals surface area contributed by atoms with E-state index in [0.29, 0.717) is 5.56 Å². The average Bonchev–Trinajstić information content (AvgIpc) is 2.20. The van der Waals surface area contributed by atoms with Crippen molar-refractivity contribution in [3.8, 4) is 0 Å². The SMILES string of the molecule is CC(O)CN(C)C(=O)Cc1ccccc1F. The summed E-state index contributed by atoms with van der Waals surface area (Å²) in [6, 6.07) is 6.20. The minimum absolute atomic E-state index is 0.0237. The molecule has 0 aliphatic carbocycles. The fourth-order valence-corrected chi connectivity index (χ4v) is 1.44. The number of likely N-dealkylation sites (N-methyl/N-ethyl adjacent to an activating group) is 1. The van der Waals surface area contributed by atoms with Crippen molar-refractivity contribution in [2.24, 2.45) is 0 Å². The van der Waals surface area contributed by atoms with Gasteiger partial charge in [0.1, 0.15) is 5.82 Å². The van der Waals surface area contributed by atoms with Crippen molar-refractivity contribution in [3.63, 3.8) is 0 Å². The van der Waals surface area contributed by atoms with E-state index in [4.69, 9.17) is 5.11 Å². The number of benzene rings is 1. The van der Waals surface area contributed by atoms with Gasteiger partial charge >= 0.3 is 0 Å². The zero-order valence-electron chi connectivity index (χ0n) is 9.48. The predicted octanol–water partition coefficient (Wildman–Crippen LogP) is 1.21. The van der Waals surface area contributed by atoms with Crippen LogP contribution in [0.25, 0.3) is 0 Å². The van der Waals surface area contributed by atoms with Gasteiger partial charge in [0.2, 0.25) is 5.91 Å². The number of carbonyl (C=O) groups is 1. The highest BCUT2D eigenvalue weighted by Gasteiger charge is 2.13. The van der Waals surface area contributed by atoms with E-state index >= 15 is 0 Å². The summed E-state index contributed by atoms with van der Waals surface area (Å²) in [5.74, 6) is -0.577. The minimum atomic E-state index is -0.574. The number of hydrogen-bond donors (Lipinski definition) is 1. The molecule has 0 aliphatic rings. The molecule has 0 radical (unpaired) electrons. The molecule has 0 heterocycles. The summed E-state index contributed by atoms with van der Waals surface area (Å²) in [5.41, 5.74) is 0.380. The maximum absolute atomic E-state index is 13.3. The second-order valence-corrected chi connectivity index (χ2v) is 3.89. The Labute approximate surface area is 94.5 Å². The van der Waals surface area contributed by atoms with Crippen molar-refractivity contribution < 1.29 is 14.3 Å². The van der Waals surface area contributed by atoms with Gasteiger partial charge in [0.15, 0.2) is 0 Å². The van der Waals surface area contributed by atoms with Gasteiger partial charge in [-0.2, -0.15) is 0 Å². The lowest BCUT2D eigenvalue weighted by molar-refractivity contribution is -0.130. The van der Waals surface area contributed by atoms with Crippen LogP contribution >= 0.6 is 0 Å². The molecule has 0 saturated heterocycles. The highest BCUT2D eigenvalue weighted by molar-refractivity contribution is 5.78. The first-order valence-corrected chi connectivity index (χ1v) is 5.16. The van der Waals surface area contributed by atoms with Crippen LogP contribution in [0.3, 0.4) is 0 Å². The Hall–Kier alpha value is -1.42. The van der Waals surface area contributed by atoms with E-state index in [0.717, 1.165) is 0 Å². The number of aliphatic hydroxyl groups excluding tert-OH is 1. The van der Waals surface area contributed by atoms with E-state index in [1.54, 1.807) is 32.2 Å². The highest BCUT2D eigenvalue weighted by Crippen LogP contribution is 2.08. The third kappa shape index (κ3) is 3.62. The molecule has 1 amide bonds. The van der Waals surface area contributed by atoms with E-state index in [2.05, 4.69) is 0 Å². The van der Waals surface area contributed by atoms with Crippen molar-refractivity contribution in [2.75, 3.05) is 13.6 Å². The van der Waals surface area contributed by atoms with Gasteiger partial charge in [-0.1, -0.05) is 18.2 Å². The molecule has 1 aromatic carbocycles. The number of hydrogen-bond acceptors (Lipinski definition) is 2. The number of aliphatic hydroxyl groups is 1. The van der Waals surface area contributed by atoms with E-state index in [9.17, 15) is 9.18 Å². The van der Waals surface area contributed by atoms with E-state index < -0.39 is 6.10 Å². The molecule has 1 N–H and O–H groups in total. The van der Waals surface area contributed by atoms with Gasteiger partial charge in [0, 0.05) is 13.6 Å². The van der Waals surface area contributed by atoms with Gasteiger partial charge in [-0.15, -0.1) is 0 Å². The Balaban J connectivity index is 2.61. The molecular formula is C12H16FNO2. The molecule has 0 fully saturated rings. The summed E-state index contributed by atoms with van der Waals surface area (Å²) in [4.78, 5) is 13.0. The first-order valence-electron chi connectivity index (χ1n) is 5.16. The van der Waals surface area contributed by atoms with Gasteiger partial charge in [0.05, 0.1) is 12.5 Å². The molecule has 0 bridgehead atoms. The first-order chi connectivity index (χ1) is 7.50. The number of nitrogens with zero attached hydrogens (tertiary/aromatic N) is 1. The van der Waals surface area contributed by atoms with Gasteiger partial charge in [-0.3, -0.25) is 4.79 Å². The molecule has 1 atom stereocenters. The van der Waals surface area contributed by atoms with E-state index in [1.807, 2.05) is 0 Å². The number of carbonyl (C=O) groups excluding carboxylic acids is 1. The van der Waals surface area contributed by atoms with Crippen molar-refractivity contribution in [2.45, 2.75) is 19.4 Å². The topological polar surface area (TPSA) is 40.5 Å². The molecule has 0 saturated carbocycles. The smallest absolute Gasteiger partial charge is 0.226 e. The highest BCUT2D eigenvalue weighted by atomic mass is 19.1. The van der Waals surface area contributed by atoms with Gasteiger partial charge in [-0.05, 0) is 18.6 Å². The normalized spacial score (nSPS) is 12.2. The zero-order chi connectivity index (χ0) is 12.1. The fourth-order valence-electron chi connectivity index (χ4n) is 1.44. The molecular weight excluding hydrogens is 209 g/mol. The molecule has 88 valence electrons. The first kappa shape index (κ1) is 12.6. The van der Waals surface area contributed by atoms with Crippen LogP contribution < -0.4 is 0 Å². The summed E-state index contributed by atoms with van der Waals surface area (Å²) in [6.45, 7) is 1.86. The number of amides is 1. The molecule has 0 spiro atoms. The molecule has 1 rings (SSSR count). The van der Waals surface area contributed by atoms with Crippen LogP contribution in [0.2, 0.25) is 0 Å². The fraction of sp³-hybridized carbons (Fsp3) is 0.417. The summed E-state index contributed by atoms with van der Waals surface area (Å²) in [5, 5.41) is 9.12. The summed E-state index contributed by atoms with van der Waals surface area (Å²) >= 11 is 0. The maximum Gasteiger partial charge on any atom is 0.226 e. The van der Waals surface area contributed by atoms with Gasteiger partial charge < -0.3 is 10.0 Å². The van der Waals surface area contributed by atoms with Crippen molar-refractivity contribution in [1.82, 2.24) is 4.90 Å². The Morgan fingerprint density at radius 3 is 2.69 bits per heavy atom. The molecule has 4 heteroatoms. The van der Waals surface area contributed by atoms with Crippen molar-refractivity contribution >= 4 is 5.91 Å². The van der Waals surface area contributed by atoms with Crippen molar-refractivity contribution in [1.29, 1.82) is 0 Å². The number of rotatable bonds is 4. The van der Waals surface area contributed by atoms with Crippen LogP contribution in [-0.2, 0) is 11.2 Å². The lowest BCUT2D eigenvalue weighted by Gasteiger charge is -2.18. The lowest BCUT2D eigenvalue weighted by atomic mass is 10.1. The third-order valence-electron chi connectivity index (χ3n) is 2.26. The zero-order valence-corrected chi connectivity index (χ0v) is 9.48. The maximum atomic E-state index is 13.3. The van der Waals surface area contributed by atoms with Crippen LogP contribution in [0.1, 0.15) is 12.5 Å². The summed E-state index contributed by atoms with van der Waals surface area (Å²) < 4.78 is 13.3. The molecule has 0 aromatic heterocycles. The van der Waals surface area contributed by atoms with Crippen molar-refractivity contribution in [3.05, 3.63) is 35.6 Å². The second kappa shape index (κ2) is 5.61. The van der Waals surface area contributed by atoms with Crippen LogP contribution in [0.4, 0.5) is 4.39 Å². The molecule has 16 heavy (non-hydrogen) atoms. The average molecular weight is 225 g/mol. The van der Waals surface area contributed by atoms with Crippen LogP contribution in [0.15, 0.2) is 24.3 Å². The monoisotopic (exact) mass is 225 g/mol.